The fourth-order valence-electron chi connectivity index (χ4n) is 0.899. The predicted octanol–water partition coefficient (Wildman–Crippen LogP) is 0.453. The molecule has 68 valence electrons. The maximum absolute atomic E-state index is 9.30. The van der Waals surface area contributed by atoms with E-state index in [1.54, 1.807) is 6.08 Å². The fourth-order valence-corrected chi connectivity index (χ4v) is 0.899. The van der Waals surface area contributed by atoms with Crippen LogP contribution >= 0.6 is 0 Å². The van der Waals surface area contributed by atoms with E-state index >= 15 is 0 Å². The van der Waals surface area contributed by atoms with Crippen LogP contribution in [0.1, 0.15) is 6.42 Å². The number of nitrogens with zero attached hydrogens (tertiary/aromatic N) is 1. The van der Waals surface area contributed by atoms with Gasteiger partial charge in [0.15, 0.2) is 0 Å². The summed E-state index contributed by atoms with van der Waals surface area (Å²) in [6.07, 6.45) is 2.20. The zero-order valence-corrected chi connectivity index (χ0v) is 7.62. The Balaban J connectivity index is 0. The summed E-state index contributed by atoms with van der Waals surface area (Å²) in [5, 5.41) is 9.30. The Morgan fingerprint density at radius 1 is 1.45 bits per heavy atom. The van der Waals surface area contributed by atoms with Crippen molar-refractivity contribution in [2.45, 2.75) is 12.5 Å². The van der Waals surface area contributed by atoms with Gasteiger partial charge < -0.3 is 15.1 Å². The molecular formula is C8H19NO2. The van der Waals surface area contributed by atoms with Crippen molar-refractivity contribution < 1.29 is 15.1 Å². The molecule has 0 aliphatic heterocycles. The van der Waals surface area contributed by atoms with Crippen LogP contribution in [-0.4, -0.2) is 48.9 Å². The molecule has 0 aliphatic rings. The lowest BCUT2D eigenvalue weighted by Gasteiger charge is -2.26. The van der Waals surface area contributed by atoms with E-state index in [0.29, 0.717) is 6.42 Å². The minimum absolute atomic E-state index is 0. The van der Waals surface area contributed by atoms with E-state index in [1.165, 1.54) is 0 Å². The Bertz CT molecular complexity index is 107. The van der Waals surface area contributed by atoms with Gasteiger partial charge in [0.1, 0.15) is 12.6 Å². The van der Waals surface area contributed by atoms with Gasteiger partial charge in [0.2, 0.25) is 0 Å². The normalized spacial score (nSPS) is 13.5. The third-order valence-corrected chi connectivity index (χ3v) is 1.20. The summed E-state index contributed by atoms with van der Waals surface area (Å²) in [5.41, 5.74) is 0. The zero-order chi connectivity index (χ0) is 8.20. The minimum Gasteiger partial charge on any atom is -0.870 e. The standard InChI is InChI=1S/C8H18NO.H2O/c1-5-6-8(10)7-9(2,3)4;/h5,8,10H,1,6-7H2,2-4H3;1H2/q+1;/p-1. The van der Waals surface area contributed by atoms with Crippen molar-refractivity contribution in [3.05, 3.63) is 12.7 Å². The van der Waals surface area contributed by atoms with Gasteiger partial charge in [-0.2, -0.15) is 0 Å². The number of likely N-dealkylation sites (N-methyl/N-ethyl adjacent to an activating group) is 1. The molecule has 0 aromatic carbocycles. The van der Waals surface area contributed by atoms with Crippen LogP contribution in [0.5, 0.6) is 0 Å². The first-order valence-corrected chi connectivity index (χ1v) is 3.55. The first kappa shape index (κ1) is 13.2. The van der Waals surface area contributed by atoms with Gasteiger partial charge in [-0.3, -0.25) is 0 Å². The average Bonchev–Trinajstić information content (AvgIpc) is 1.59. The quantitative estimate of drug-likeness (QED) is 0.481. The SMILES string of the molecule is C=CCC(O)C[N+](C)(C)C.[OH-]. The van der Waals surface area contributed by atoms with E-state index in [0.717, 1.165) is 11.0 Å². The number of rotatable bonds is 4. The molecule has 0 radical (unpaired) electrons. The van der Waals surface area contributed by atoms with Crippen LogP contribution in [0.15, 0.2) is 12.7 Å². The number of hydrogen-bond donors (Lipinski definition) is 1. The van der Waals surface area contributed by atoms with Gasteiger partial charge in [-0.05, 0) is 6.42 Å². The summed E-state index contributed by atoms with van der Waals surface area (Å²) in [6, 6.07) is 0. The Morgan fingerprint density at radius 3 is 2.18 bits per heavy atom. The molecule has 0 aliphatic carbocycles. The summed E-state index contributed by atoms with van der Waals surface area (Å²) in [4.78, 5) is 0. The highest BCUT2D eigenvalue weighted by Gasteiger charge is 2.12. The van der Waals surface area contributed by atoms with E-state index in [1.807, 2.05) is 0 Å². The van der Waals surface area contributed by atoms with E-state index in [9.17, 15) is 5.11 Å². The van der Waals surface area contributed by atoms with Crippen molar-refractivity contribution in [3.8, 4) is 0 Å². The van der Waals surface area contributed by atoms with Gasteiger partial charge in [0.25, 0.3) is 0 Å². The number of aliphatic hydroxyl groups excluding tert-OH is 1. The molecule has 11 heavy (non-hydrogen) atoms. The van der Waals surface area contributed by atoms with Gasteiger partial charge in [0.05, 0.1) is 21.1 Å². The first-order valence-electron chi connectivity index (χ1n) is 3.55. The summed E-state index contributed by atoms with van der Waals surface area (Å²) in [7, 11) is 6.19. The largest absolute Gasteiger partial charge is 0.870 e. The van der Waals surface area contributed by atoms with Crippen molar-refractivity contribution in [2.24, 2.45) is 0 Å². The van der Waals surface area contributed by atoms with Crippen LogP contribution in [0.3, 0.4) is 0 Å². The topological polar surface area (TPSA) is 50.2 Å². The lowest BCUT2D eigenvalue weighted by Crippen LogP contribution is -2.41. The van der Waals surface area contributed by atoms with Crippen LogP contribution in [0.4, 0.5) is 0 Å². The molecule has 0 spiro atoms. The van der Waals surface area contributed by atoms with Crippen molar-refractivity contribution in [3.63, 3.8) is 0 Å². The van der Waals surface area contributed by atoms with Crippen LogP contribution in [0.25, 0.3) is 0 Å². The molecule has 1 atom stereocenters. The molecule has 0 heterocycles. The zero-order valence-electron chi connectivity index (χ0n) is 7.62. The van der Waals surface area contributed by atoms with Crippen molar-refractivity contribution in [1.29, 1.82) is 0 Å². The Hall–Kier alpha value is -0.380. The highest BCUT2D eigenvalue weighted by atomic mass is 16.3. The van der Waals surface area contributed by atoms with Gasteiger partial charge in [-0.25, -0.2) is 0 Å². The van der Waals surface area contributed by atoms with E-state index in [2.05, 4.69) is 27.7 Å². The molecule has 0 amide bonds. The Kier molecular flexibility index (Phi) is 6.37. The van der Waals surface area contributed by atoms with Gasteiger partial charge in [-0.15, -0.1) is 6.58 Å². The molecule has 0 saturated heterocycles. The molecule has 1 unspecified atom stereocenters. The summed E-state index contributed by atoms with van der Waals surface area (Å²) >= 11 is 0. The summed E-state index contributed by atoms with van der Waals surface area (Å²) < 4.78 is 0.801. The predicted molar refractivity (Wildman–Crippen MR) is 45.7 cm³/mol. The molecule has 0 bridgehead atoms. The molecule has 0 rings (SSSR count). The highest BCUT2D eigenvalue weighted by molar-refractivity contribution is 4.71. The molecule has 0 aromatic heterocycles. The van der Waals surface area contributed by atoms with E-state index in [-0.39, 0.29) is 11.6 Å². The van der Waals surface area contributed by atoms with Crippen LogP contribution in [-0.2, 0) is 0 Å². The number of hydrogen-bond acceptors (Lipinski definition) is 2. The van der Waals surface area contributed by atoms with Crippen molar-refractivity contribution >= 4 is 0 Å². The molecule has 0 aromatic rings. The average molecular weight is 161 g/mol. The summed E-state index contributed by atoms with van der Waals surface area (Å²) in [6.45, 7) is 4.35. The fraction of sp³-hybridized carbons (Fsp3) is 0.750. The first-order chi connectivity index (χ1) is 4.45. The number of aliphatic hydroxyl groups is 1. The monoisotopic (exact) mass is 161 g/mol. The lowest BCUT2D eigenvalue weighted by atomic mass is 10.2. The van der Waals surface area contributed by atoms with Gasteiger partial charge in [-0.1, -0.05) is 6.08 Å². The minimum atomic E-state index is -0.238. The third kappa shape index (κ3) is 9.62. The maximum atomic E-state index is 9.30. The lowest BCUT2D eigenvalue weighted by molar-refractivity contribution is -0.873. The van der Waals surface area contributed by atoms with Gasteiger partial charge in [0, 0.05) is 0 Å². The molecular weight excluding hydrogens is 142 g/mol. The smallest absolute Gasteiger partial charge is 0.106 e. The molecule has 2 N–H and O–H groups in total. The second-order valence-corrected chi connectivity index (χ2v) is 3.65. The molecule has 0 saturated carbocycles. The highest BCUT2D eigenvalue weighted by Crippen LogP contribution is 1.98. The second kappa shape index (κ2) is 5.29. The third-order valence-electron chi connectivity index (χ3n) is 1.20. The van der Waals surface area contributed by atoms with Crippen molar-refractivity contribution in [2.75, 3.05) is 27.7 Å². The van der Waals surface area contributed by atoms with Crippen LogP contribution < -0.4 is 0 Å². The Morgan fingerprint density at radius 2 is 1.91 bits per heavy atom. The maximum Gasteiger partial charge on any atom is 0.106 e. The molecule has 0 fully saturated rings. The summed E-state index contributed by atoms with van der Waals surface area (Å²) in [5.74, 6) is 0. The van der Waals surface area contributed by atoms with Crippen molar-refractivity contribution in [1.82, 2.24) is 0 Å². The van der Waals surface area contributed by atoms with E-state index < -0.39 is 0 Å². The second-order valence-electron chi connectivity index (χ2n) is 3.65. The molecule has 3 heteroatoms. The number of quaternary nitrogens is 1. The van der Waals surface area contributed by atoms with Crippen LogP contribution in [0, 0.1) is 0 Å². The van der Waals surface area contributed by atoms with Crippen LogP contribution in [0.2, 0.25) is 0 Å². The van der Waals surface area contributed by atoms with E-state index in [4.69, 9.17) is 0 Å². The molecule has 3 nitrogen and oxygen atoms in total. The Labute approximate surface area is 68.8 Å². The van der Waals surface area contributed by atoms with Gasteiger partial charge >= 0.3 is 0 Å².